The summed E-state index contributed by atoms with van der Waals surface area (Å²) in [4.78, 5) is 2.27. The molecule has 4 heteroatoms. The summed E-state index contributed by atoms with van der Waals surface area (Å²) in [5.74, 6) is 0.474. The third-order valence-corrected chi connectivity index (χ3v) is 3.48. The molecule has 0 amide bonds. The van der Waals surface area contributed by atoms with Crippen LogP contribution in [0.15, 0.2) is 18.2 Å². The molecule has 0 aliphatic heterocycles. The fourth-order valence-electron chi connectivity index (χ4n) is 1.97. The van der Waals surface area contributed by atoms with E-state index in [0.717, 1.165) is 22.8 Å². The molecule has 0 radical (unpaired) electrons. The normalized spacial score (nSPS) is 14.4. The molecule has 90 valence electrons. The minimum Gasteiger partial charge on any atom is -0.367 e. The molecule has 1 fully saturated rings. The smallest absolute Gasteiger partial charge is 0.0640 e. The first kappa shape index (κ1) is 12.5. The Bertz CT molecular complexity index is 436. The Morgan fingerprint density at radius 2 is 2.18 bits per heavy atom. The van der Waals surface area contributed by atoms with Crippen molar-refractivity contribution < 1.29 is 0 Å². The number of halogens is 2. The zero-order chi connectivity index (χ0) is 12.3. The van der Waals surface area contributed by atoms with Crippen LogP contribution < -0.4 is 4.90 Å². The number of anilines is 1. The minimum atomic E-state index is 0.474. The van der Waals surface area contributed by atoms with E-state index in [1.54, 1.807) is 0 Å². The summed E-state index contributed by atoms with van der Waals surface area (Å²) in [6, 6.07) is 8.53. The highest BCUT2D eigenvalue weighted by molar-refractivity contribution is 6.31. The lowest BCUT2D eigenvalue weighted by Gasteiger charge is -2.26. The Balaban J connectivity index is 2.27. The zero-order valence-electron chi connectivity index (χ0n) is 9.50. The van der Waals surface area contributed by atoms with Crippen molar-refractivity contribution in [2.45, 2.75) is 31.2 Å². The first-order valence-electron chi connectivity index (χ1n) is 5.74. The van der Waals surface area contributed by atoms with E-state index in [2.05, 4.69) is 11.0 Å². The molecule has 0 aromatic heterocycles. The molecule has 0 atom stereocenters. The number of benzene rings is 1. The van der Waals surface area contributed by atoms with Gasteiger partial charge >= 0.3 is 0 Å². The molecular formula is C13H14Cl2N2. The molecule has 0 saturated heterocycles. The van der Waals surface area contributed by atoms with Crippen LogP contribution in [-0.2, 0) is 5.88 Å². The standard InChI is InChI=1S/C13H14Cl2N2/c14-9-10-2-3-11(15)8-13(10)17(7-1-6-16)12-4-5-12/h2-3,8,12H,1,4-5,7,9H2. The molecule has 0 heterocycles. The highest BCUT2D eigenvalue weighted by atomic mass is 35.5. The average molecular weight is 269 g/mol. The van der Waals surface area contributed by atoms with Crippen molar-refractivity contribution in [2.24, 2.45) is 0 Å². The summed E-state index contributed by atoms with van der Waals surface area (Å²) in [6.07, 6.45) is 2.92. The summed E-state index contributed by atoms with van der Waals surface area (Å²) in [5, 5.41) is 9.44. The van der Waals surface area contributed by atoms with Gasteiger partial charge in [-0.1, -0.05) is 17.7 Å². The lowest BCUT2D eigenvalue weighted by Crippen LogP contribution is -2.27. The Morgan fingerprint density at radius 3 is 2.76 bits per heavy atom. The fourth-order valence-corrected chi connectivity index (χ4v) is 2.37. The van der Waals surface area contributed by atoms with Crippen LogP contribution in [0.3, 0.4) is 0 Å². The largest absolute Gasteiger partial charge is 0.367 e. The molecule has 1 aliphatic carbocycles. The van der Waals surface area contributed by atoms with Crippen molar-refractivity contribution in [1.82, 2.24) is 0 Å². The Morgan fingerprint density at radius 1 is 1.41 bits per heavy atom. The number of hydrogen-bond donors (Lipinski definition) is 0. The van der Waals surface area contributed by atoms with Crippen LogP contribution in [0.2, 0.25) is 5.02 Å². The highest BCUT2D eigenvalue weighted by Gasteiger charge is 2.30. The van der Waals surface area contributed by atoms with Crippen LogP contribution in [0.1, 0.15) is 24.8 Å². The second kappa shape index (κ2) is 5.62. The molecule has 0 unspecified atom stereocenters. The third kappa shape index (κ3) is 3.06. The van der Waals surface area contributed by atoms with Gasteiger partial charge in [0.2, 0.25) is 0 Å². The van der Waals surface area contributed by atoms with Crippen molar-refractivity contribution in [3.63, 3.8) is 0 Å². The van der Waals surface area contributed by atoms with Gasteiger partial charge in [-0.25, -0.2) is 0 Å². The second-order valence-electron chi connectivity index (χ2n) is 4.24. The first-order chi connectivity index (χ1) is 8.26. The summed E-state index contributed by atoms with van der Waals surface area (Å²) in [5.41, 5.74) is 2.17. The van der Waals surface area contributed by atoms with E-state index in [-0.39, 0.29) is 0 Å². The SMILES string of the molecule is N#CCCN(c1cc(Cl)ccc1CCl)C1CC1. The molecule has 0 spiro atoms. The number of nitrogens with zero attached hydrogens (tertiary/aromatic N) is 2. The molecule has 1 aromatic carbocycles. The lowest BCUT2D eigenvalue weighted by atomic mass is 10.1. The first-order valence-corrected chi connectivity index (χ1v) is 6.65. The van der Waals surface area contributed by atoms with Gasteiger partial charge in [0.05, 0.1) is 12.5 Å². The summed E-state index contributed by atoms with van der Waals surface area (Å²) >= 11 is 12.0. The van der Waals surface area contributed by atoms with Gasteiger partial charge in [0.1, 0.15) is 0 Å². The van der Waals surface area contributed by atoms with Gasteiger partial charge < -0.3 is 4.90 Å². The predicted octanol–water partition coefficient (Wildman–Crippen LogP) is 3.96. The maximum Gasteiger partial charge on any atom is 0.0640 e. The molecule has 1 aromatic rings. The predicted molar refractivity (Wildman–Crippen MR) is 71.6 cm³/mol. The second-order valence-corrected chi connectivity index (χ2v) is 4.94. The van der Waals surface area contributed by atoms with E-state index in [4.69, 9.17) is 28.5 Å². The van der Waals surface area contributed by atoms with E-state index in [0.29, 0.717) is 18.3 Å². The van der Waals surface area contributed by atoms with Crippen LogP contribution in [-0.4, -0.2) is 12.6 Å². The van der Waals surface area contributed by atoms with Crippen molar-refractivity contribution in [3.8, 4) is 6.07 Å². The summed E-state index contributed by atoms with van der Waals surface area (Å²) in [7, 11) is 0. The fraction of sp³-hybridized carbons (Fsp3) is 0.462. The van der Waals surface area contributed by atoms with Crippen molar-refractivity contribution >= 4 is 28.9 Å². The highest BCUT2D eigenvalue weighted by Crippen LogP contribution is 2.35. The third-order valence-electron chi connectivity index (χ3n) is 2.95. The molecule has 17 heavy (non-hydrogen) atoms. The van der Waals surface area contributed by atoms with E-state index in [9.17, 15) is 0 Å². The molecular weight excluding hydrogens is 255 g/mol. The van der Waals surface area contributed by atoms with E-state index in [1.165, 1.54) is 12.8 Å². The van der Waals surface area contributed by atoms with Gasteiger partial charge in [-0.2, -0.15) is 5.26 Å². The number of nitriles is 1. The zero-order valence-corrected chi connectivity index (χ0v) is 11.0. The number of alkyl halides is 1. The Labute approximate surface area is 112 Å². The van der Waals surface area contributed by atoms with Crippen LogP contribution in [0, 0.1) is 11.3 Å². The van der Waals surface area contributed by atoms with Gasteiger partial charge in [-0.15, -0.1) is 11.6 Å². The Hall–Kier alpha value is -0.910. The van der Waals surface area contributed by atoms with Gasteiger partial charge in [-0.05, 0) is 30.5 Å². The maximum atomic E-state index is 8.72. The van der Waals surface area contributed by atoms with Crippen LogP contribution in [0.4, 0.5) is 5.69 Å². The summed E-state index contributed by atoms with van der Waals surface area (Å²) < 4.78 is 0. The quantitative estimate of drug-likeness (QED) is 0.756. The van der Waals surface area contributed by atoms with Crippen molar-refractivity contribution in [3.05, 3.63) is 28.8 Å². The monoisotopic (exact) mass is 268 g/mol. The molecule has 1 saturated carbocycles. The van der Waals surface area contributed by atoms with Gasteiger partial charge in [-0.3, -0.25) is 0 Å². The molecule has 1 aliphatic rings. The van der Waals surface area contributed by atoms with Crippen molar-refractivity contribution in [2.75, 3.05) is 11.4 Å². The van der Waals surface area contributed by atoms with E-state index >= 15 is 0 Å². The van der Waals surface area contributed by atoms with Gasteiger partial charge in [0.25, 0.3) is 0 Å². The molecule has 2 nitrogen and oxygen atoms in total. The number of hydrogen-bond acceptors (Lipinski definition) is 2. The van der Waals surface area contributed by atoms with Crippen LogP contribution in [0.5, 0.6) is 0 Å². The van der Waals surface area contributed by atoms with Gasteiger partial charge in [0, 0.05) is 29.2 Å². The van der Waals surface area contributed by atoms with E-state index < -0.39 is 0 Å². The minimum absolute atomic E-state index is 0.474. The Kier molecular flexibility index (Phi) is 4.15. The average Bonchev–Trinajstić information content (AvgIpc) is 3.14. The topological polar surface area (TPSA) is 27.0 Å². The maximum absolute atomic E-state index is 8.72. The lowest BCUT2D eigenvalue weighted by molar-refractivity contribution is 0.789. The molecule has 0 bridgehead atoms. The van der Waals surface area contributed by atoms with Crippen molar-refractivity contribution in [1.29, 1.82) is 5.26 Å². The summed E-state index contributed by atoms with van der Waals surface area (Å²) in [6.45, 7) is 0.755. The number of rotatable bonds is 5. The van der Waals surface area contributed by atoms with Crippen LogP contribution in [0.25, 0.3) is 0 Å². The van der Waals surface area contributed by atoms with E-state index in [1.807, 2.05) is 18.2 Å². The van der Waals surface area contributed by atoms with Gasteiger partial charge in [0.15, 0.2) is 0 Å². The molecule has 0 N–H and O–H groups in total. The molecule has 2 rings (SSSR count). The van der Waals surface area contributed by atoms with Crippen LogP contribution >= 0.6 is 23.2 Å².